The summed E-state index contributed by atoms with van der Waals surface area (Å²) < 4.78 is 31.6. The van der Waals surface area contributed by atoms with Crippen molar-refractivity contribution in [3.05, 3.63) is 0 Å². The molecule has 7 heavy (non-hydrogen) atoms. The van der Waals surface area contributed by atoms with E-state index in [1.54, 1.807) is 0 Å². The van der Waals surface area contributed by atoms with Gasteiger partial charge in [-0.25, -0.2) is 0 Å². The number of rotatable bonds is 0. The standard InChI is InChI=1S/H2O4S.Sm.Sr.2H/c1-5(2,3)4;;;;/h(H2,1,2,3,4);;;;. The molecule has 0 aliphatic rings. The van der Waals surface area contributed by atoms with E-state index in [-0.39, 0.29) is 85.9 Å². The zero-order chi connectivity index (χ0) is 4.50. The Balaban J connectivity index is -0.0000000800. The molecule has 4 nitrogen and oxygen atoms in total. The normalized spacial score (nSPS) is 8.29. The molecule has 0 spiro atoms. The summed E-state index contributed by atoms with van der Waals surface area (Å²) in [5, 5.41) is 0. The van der Waals surface area contributed by atoms with Crippen LogP contribution in [0, 0.1) is 40.4 Å². The van der Waals surface area contributed by atoms with E-state index < -0.39 is 10.4 Å². The number of hydrogen-bond acceptors (Lipinski definition) is 2. The van der Waals surface area contributed by atoms with Crippen molar-refractivity contribution in [2.75, 3.05) is 0 Å². The number of hydrogen-bond donors (Lipinski definition) is 2. The van der Waals surface area contributed by atoms with Crippen molar-refractivity contribution in [3.63, 3.8) is 0 Å². The van der Waals surface area contributed by atoms with E-state index in [9.17, 15) is 0 Å². The van der Waals surface area contributed by atoms with E-state index in [4.69, 9.17) is 17.5 Å². The maximum absolute atomic E-state index is 8.74. The van der Waals surface area contributed by atoms with Crippen LogP contribution in [0.5, 0.6) is 0 Å². The zero-order valence-electron chi connectivity index (χ0n) is 2.53. The Morgan fingerprint density at radius 3 is 1.14 bits per heavy atom. The Bertz CT molecular complexity index is 94.9. The molecule has 0 saturated heterocycles. The Morgan fingerprint density at radius 2 is 1.14 bits per heavy atom. The van der Waals surface area contributed by atoms with Gasteiger partial charge in [-0.15, -0.1) is 0 Å². The molecule has 0 amide bonds. The molecule has 0 saturated carbocycles. The fourth-order valence-electron chi connectivity index (χ4n) is 0. The second-order valence-corrected chi connectivity index (χ2v) is 1.34. The van der Waals surface area contributed by atoms with Crippen LogP contribution in [0.1, 0.15) is 0 Å². The SMILES string of the molecule is O=S(=O)(O)O.[Sm].[SrH2]. The quantitative estimate of drug-likeness (QED) is 0.414. The van der Waals surface area contributed by atoms with Crippen molar-refractivity contribution in [3.8, 4) is 0 Å². The summed E-state index contributed by atoms with van der Waals surface area (Å²) >= 11 is 0. The van der Waals surface area contributed by atoms with E-state index in [1.165, 1.54) is 0 Å². The van der Waals surface area contributed by atoms with Crippen molar-refractivity contribution < 1.29 is 57.9 Å². The van der Waals surface area contributed by atoms with Gasteiger partial charge in [0.1, 0.15) is 0 Å². The van der Waals surface area contributed by atoms with Crippen molar-refractivity contribution in [1.29, 1.82) is 0 Å². The van der Waals surface area contributed by atoms with Gasteiger partial charge in [0.2, 0.25) is 0 Å². The van der Waals surface area contributed by atoms with E-state index in [1.807, 2.05) is 0 Å². The minimum atomic E-state index is -4.67. The van der Waals surface area contributed by atoms with Crippen molar-refractivity contribution in [1.82, 2.24) is 0 Å². The summed E-state index contributed by atoms with van der Waals surface area (Å²) in [7, 11) is -4.67. The first kappa shape index (κ1) is 16.3. The summed E-state index contributed by atoms with van der Waals surface area (Å²) in [6.07, 6.45) is 0. The molecule has 0 atom stereocenters. The average molecular weight is 338 g/mol. The van der Waals surface area contributed by atoms with Gasteiger partial charge in [0.05, 0.1) is 0 Å². The molecule has 0 aromatic carbocycles. The van der Waals surface area contributed by atoms with E-state index in [2.05, 4.69) is 0 Å². The molecule has 0 aromatic heterocycles. The Labute approximate surface area is 111 Å². The molecule has 2 N–H and O–H groups in total. The fourth-order valence-corrected chi connectivity index (χ4v) is 0. The Kier molecular flexibility index (Phi) is 15.9. The summed E-state index contributed by atoms with van der Waals surface area (Å²) in [5.74, 6) is 0. The van der Waals surface area contributed by atoms with Crippen LogP contribution in [0.3, 0.4) is 0 Å². The summed E-state index contributed by atoms with van der Waals surface area (Å²) in [4.78, 5) is 0. The summed E-state index contributed by atoms with van der Waals surface area (Å²) in [6.45, 7) is 0. The fraction of sp³-hybridized carbons (Fsp3) is 0. The molecule has 0 radical (unpaired) electrons. The Hall–Kier alpha value is 2.69. The third-order valence-corrected chi connectivity index (χ3v) is 0. The molecule has 7 heteroatoms. The van der Waals surface area contributed by atoms with Gasteiger partial charge in [0.15, 0.2) is 0 Å². The molecule has 0 fully saturated rings. The molecule has 0 aliphatic heterocycles. The monoisotopic (exact) mass is 340 g/mol. The molecule has 0 rings (SSSR count). The third kappa shape index (κ3) is 53.8. The van der Waals surface area contributed by atoms with Gasteiger partial charge in [0, 0.05) is 40.4 Å². The van der Waals surface area contributed by atoms with E-state index in [0.29, 0.717) is 0 Å². The molecular formula is H4O4SSmSr. The van der Waals surface area contributed by atoms with Gasteiger partial charge in [0.25, 0.3) is 0 Å². The summed E-state index contributed by atoms with van der Waals surface area (Å²) in [5.41, 5.74) is 0. The minimum absolute atomic E-state index is 0. The predicted octanol–water partition coefficient (Wildman–Crippen LogP) is -1.57. The van der Waals surface area contributed by atoms with E-state index in [0.717, 1.165) is 0 Å². The van der Waals surface area contributed by atoms with E-state index >= 15 is 0 Å². The Morgan fingerprint density at radius 1 is 1.14 bits per heavy atom. The molecule has 0 aromatic rings. The molecule has 0 heterocycles. The van der Waals surface area contributed by atoms with Crippen LogP contribution in [0.2, 0.25) is 0 Å². The van der Waals surface area contributed by atoms with Crippen LogP contribution >= 0.6 is 0 Å². The molecule has 0 bridgehead atoms. The third-order valence-electron chi connectivity index (χ3n) is 0. The average Bonchev–Trinajstić information content (AvgIpc) is 0.722. The van der Waals surface area contributed by atoms with Gasteiger partial charge in [-0.2, -0.15) is 8.42 Å². The van der Waals surface area contributed by atoms with Crippen LogP contribution in [-0.4, -0.2) is 63.0 Å². The first-order valence-electron chi connectivity index (χ1n) is 0.698. The van der Waals surface area contributed by atoms with Crippen LogP contribution in [-0.2, 0) is 10.4 Å². The van der Waals surface area contributed by atoms with Crippen molar-refractivity contribution in [2.24, 2.45) is 0 Å². The van der Waals surface area contributed by atoms with Crippen LogP contribution in [0.15, 0.2) is 0 Å². The van der Waals surface area contributed by atoms with Gasteiger partial charge in [-0.05, 0) is 0 Å². The van der Waals surface area contributed by atoms with Gasteiger partial charge < -0.3 is 0 Å². The molecule has 0 unspecified atom stereocenters. The van der Waals surface area contributed by atoms with Crippen LogP contribution in [0.4, 0.5) is 0 Å². The van der Waals surface area contributed by atoms with Gasteiger partial charge in [-0.3, -0.25) is 9.11 Å². The maximum atomic E-state index is 8.74. The second-order valence-electron chi connectivity index (χ2n) is 0.448. The second kappa shape index (κ2) is 6.80. The van der Waals surface area contributed by atoms with Gasteiger partial charge in [-0.1, -0.05) is 0 Å². The summed E-state index contributed by atoms with van der Waals surface area (Å²) in [6, 6.07) is 0. The molecular weight excluding hydrogens is 334 g/mol. The van der Waals surface area contributed by atoms with Crippen molar-refractivity contribution >= 4 is 55.9 Å². The molecule has 0 aliphatic carbocycles. The zero-order valence-corrected chi connectivity index (χ0v) is 5.96. The first-order valence-corrected chi connectivity index (χ1v) is 2.10. The van der Waals surface area contributed by atoms with Crippen LogP contribution < -0.4 is 0 Å². The van der Waals surface area contributed by atoms with Crippen LogP contribution in [0.25, 0.3) is 0 Å². The van der Waals surface area contributed by atoms with Gasteiger partial charge >= 0.3 is 55.9 Å². The first-order chi connectivity index (χ1) is 2.00. The topological polar surface area (TPSA) is 74.6 Å². The molecule has 42 valence electrons. The predicted molar refractivity (Wildman–Crippen MR) is 22.7 cm³/mol. The van der Waals surface area contributed by atoms with Crippen molar-refractivity contribution in [2.45, 2.75) is 0 Å².